The first-order valence-corrected chi connectivity index (χ1v) is 10.9. The van der Waals surface area contributed by atoms with Gasteiger partial charge in [0.25, 0.3) is 0 Å². The summed E-state index contributed by atoms with van der Waals surface area (Å²) in [7, 11) is 0. The monoisotopic (exact) mass is 514 g/mol. The zero-order chi connectivity index (χ0) is 27.4. The molecule has 0 aliphatic heterocycles. The predicted molar refractivity (Wildman–Crippen MR) is 133 cm³/mol. The summed E-state index contributed by atoms with van der Waals surface area (Å²) in [5.74, 6) is -5.50. The number of hydrogen-bond donors (Lipinski definition) is 4. The van der Waals surface area contributed by atoms with Crippen molar-refractivity contribution in [3.8, 4) is 34.1 Å². The fraction of sp³-hybridized carbons (Fsp3) is 0. The van der Waals surface area contributed by atoms with E-state index in [1.165, 1.54) is 18.2 Å². The van der Waals surface area contributed by atoms with Crippen molar-refractivity contribution >= 4 is 23.9 Å². The lowest BCUT2D eigenvalue weighted by molar-refractivity contribution is 0.0651. The lowest BCUT2D eigenvalue weighted by Crippen LogP contribution is -2.08. The average molecular weight is 514 g/mol. The molecule has 38 heavy (non-hydrogen) atoms. The van der Waals surface area contributed by atoms with Crippen LogP contribution in [0.2, 0.25) is 0 Å². The fourth-order valence-corrected chi connectivity index (χ4v) is 3.69. The van der Waals surface area contributed by atoms with Crippen LogP contribution in [-0.4, -0.2) is 44.3 Å². The normalized spacial score (nSPS) is 10.4. The number of carboxylic acids is 4. The third kappa shape index (κ3) is 5.29. The smallest absolute Gasteiger partial charge is 0.336 e. The van der Waals surface area contributed by atoms with Crippen LogP contribution in [0.5, 0.6) is 23.0 Å². The van der Waals surface area contributed by atoms with Crippen molar-refractivity contribution < 1.29 is 49.1 Å². The van der Waals surface area contributed by atoms with Crippen LogP contribution in [-0.2, 0) is 0 Å². The largest absolute Gasteiger partial charge is 0.478 e. The Morgan fingerprint density at radius 2 is 1.00 bits per heavy atom. The van der Waals surface area contributed by atoms with Gasteiger partial charge >= 0.3 is 23.9 Å². The molecule has 0 bridgehead atoms. The Morgan fingerprint density at radius 1 is 0.500 bits per heavy atom. The number of ether oxygens (including phenoxy) is 2. The van der Waals surface area contributed by atoms with Gasteiger partial charge in [0.1, 0.15) is 11.5 Å². The van der Waals surface area contributed by atoms with Crippen LogP contribution in [0.4, 0.5) is 0 Å². The van der Waals surface area contributed by atoms with Gasteiger partial charge in [-0.2, -0.15) is 0 Å². The number of carbonyl (C=O) groups is 4. The lowest BCUT2D eigenvalue weighted by atomic mass is 10.0. The summed E-state index contributed by atoms with van der Waals surface area (Å²) in [5.41, 5.74) is -0.558. The highest BCUT2D eigenvalue weighted by molar-refractivity contribution is 6.02. The van der Waals surface area contributed by atoms with Crippen molar-refractivity contribution in [1.29, 1.82) is 0 Å². The van der Waals surface area contributed by atoms with Crippen molar-refractivity contribution in [1.82, 2.24) is 0 Å². The van der Waals surface area contributed by atoms with Gasteiger partial charge in [0.05, 0.1) is 22.3 Å². The molecule has 0 heterocycles. The average Bonchev–Trinajstić information content (AvgIpc) is 2.89. The van der Waals surface area contributed by atoms with Crippen molar-refractivity contribution in [3.63, 3.8) is 0 Å². The van der Waals surface area contributed by atoms with Crippen molar-refractivity contribution in [2.24, 2.45) is 0 Å². The molecule has 10 heteroatoms. The maximum Gasteiger partial charge on any atom is 0.336 e. The van der Waals surface area contributed by atoms with E-state index in [-0.39, 0.29) is 23.0 Å². The van der Waals surface area contributed by atoms with Gasteiger partial charge in [-0.25, -0.2) is 19.2 Å². The van der Waals surface area contributed by atoms with Gasteiger partial charge in [-0.1, -0.05) is 42.5 Å². The number of hydrogen-bond acceptors (Lipinski definition) is 6. The quantitative estimate of drug-likeness (QED) is 0.216. The summed E-state index contributed by atoms with van der Waals surface area (Å²) >= 11 is 0. The predicted octanol–water partition coefficient (Wildman–Crippen LogP) is 5.73. The Hall–Kier alpha value is -5.64. The molecule has 0 amide bonds. The molecule has 0 saturated carbocycles. The van der Waals surface area contributed by atoms with E-state index >= 15 is 0 Å². The Morgan fingerprint density at radius 3 is 1.50 bits per heavy atom. The highest BCUT2D eigenvalue weighted by Crippen LogP contribution is 2.43. The van der Waals surface area contributed by atoms with Gasteiger partial charge in [0.2, 0.25) is 0 Å². The van der Waals surface area contributed by atoms with Crippen molar-refractivity contribution in [3.05, 3.63) is 107 Å². The minimum Gasteiger partial charge on any atom is -0.478 e. The zero-order valence-corrected chi connectivity index (χ0v) is 19.3. The second kappa shape index (κ2) is 10.5. The molecule has 0 aliphatic rings. The highest BCUT2D eigenvalue weighted by atomic mass is 16.5. The molecule has 0 aliphatic carbocycles. The Kier molecular flexibility index (Phi) is 7.06. The van der Waals surface area contributed by atoms with E-state index in [0.717, 1.165) is 24.3 Å². The molecule has 4 rings (SSSR count). The number of carboxylic acid groups (broad SMARTS) is 4. The second-order valence-electron chi connectivity index (χ2n) is 7.84. The highest BCUT2D eigenvalue weighted by Gasteiger charge is 2.21. The lowest BCUT2D eigenvalue weighted by Gasteiger charge is -2.17. The van der Waals surface area contributed by atoms with Gasteiger partial charge in [-0.05, 0) is 48.0 Å². The molecule has 0 fully saturated rings. The topological polar surface area (TPSA) is 168 Å². The van der Waals surface area contributed by atoms with Gasteiger partial charge in [-0.15, -0.1) is 0 Å². The minimum absolute atomic E-state index is 0.00748. The summed E-state index contributed by atoms with van der Waals surface area (Å²) in [4.78, 5) is 46.1. The molecule has 0 aromatic heterocycles. The SMILES string of the molecule is O=C(O)c1ccc(Oc2cccc(-c3ccccc3)c2Oc2ccc(C(=O)O)c(C(=O)O)c2)cc1C(=O)O. The number of para-hydroxylation sites is 1. The number of rotatable bonds is 9. The molecule has 0 radical (unpaired) electrons. The van der Waals surface area contributed by atoms with Crippen molar-refractivity contribution in [2.45, 2.75) is 0 Å². The van der Waals surface area contributed by atoms with E-state index in [1.54, 1.807) is 36.4 Å². The van der Waals surface area contributed by atoms with Gasteiger partial charge in [0.15, 0.2) is 11.5 Å². The van der Waals surface area contributed by atoms with Gasteiger partial charge < -0.3 is 29.9 Å². The molecule has 4 aromatic carbocycles. The van der Waals surface area contributed by atoms with Crippen LogP contribution in [0.15, 0.2) is 84.9 Å². The first-order chi connectivity index (χ1) is 18.2. The maximum atomic E-state index is 11.7. The molecular weight excluding hydrogens is 496 g/mol. The van der Waals surface area contributed by atoms with Crippen LogP contribution >= 0.6 is 0 Å². The zero-order valence-electron chi connectivity index (χ0n) is 19.3. The summed E-state index contributed by atoms with van der Waals surface area (Å²) < 4.78 is 12.0. The molecule has 0 saturated heterocycles. The third-order valence-electron chi connectivity index (χ3n) is 5.42. The molecule has 0 unspecified atom stereocenters. The summed E-state index contributed by atoms with van der Waals surface area (Å²) in [6.45, 7) is 0. The first kappa shape index (κ1) is 25.5. The minimum atomic E-state index is -1.46. The molecule has 190 valence electrons. The van der Waals surface area contributed by atoms with E-state index in [4.69, 9.17) is 9.47 Å². The van der Waals surface area contributed by atoms with Crippen molar-refractivity contribution in [2.75, 3.05) is 0 Å². The van der Waals surface area contributed by atoms with E-state index in [2.05, 4.69) is 0 Å². The van der Waals surface area contributed by atoms with E-state index in [9.17, 15) is 39.6 Å². The molecular formula is C28H18O10. The molecule has 0 spiro atoms. The van der Waals surface area contributed by atoms with E-state index in [1.807, 2.05) is 6.07 Å². The van der Waals surface area contributed by atoms with Crippen LogP contribution < -0.4 is 9.47 Å². The summed E-state index contributed by atoms with van der Waals surface area (Å²) in [6.07, 6.45) is 0. The Balaban J connectivity index is 1.83. The van der Waals surface area contributed by atoms with Gasteiger partial charge in [0, 0.05) is 5.56 Å². The third-order valence-corrected chi connectivity index (χ3v) is 5.42. The first-order valence-electron chi connectivity index (χ1n) is 10.9. The van der Waals surface area contributed by atoms with E-state index in [0.29, 0.717) is 11.1 Å². The van der Waals surface area contributed by atoms with Crippen LogP contribution in [0.3, 0.4) is 0 Å². The van der Waals surface area contributed by atoms with E-state index < -0.39 is 46.1 Å². The Labute approximate surface area is 214 Å². The molecule has 0 atom stereocenters. The number of aromatic carboxylic acids is 4. The van der Waals surface area contributed by atoms with Crippen LogP contribution in [0.25, 0.3) is 11.1 Å². The summed E-state index contributed by atoms with van der Waals surface area (Å²) in [6, 6.07) is 20.8. The van der Waals surface area contributed by atoms with Gasteiger partial charge in [-0.3, -0.25) is 0 Å². The van der Waals surface area contributed by atoms with Crippen LogP contribution in [0.1, 0.15) is 41.4 Å². The standard InChI is InChI=1S/C28H18O10/c29-25(30)19-11-9-16(13-21(19)27(33)34)37-23-8-4-7-18(15-5-2-1-3-6-15)24(23)38-17-10-12-20(26(31)32)22(14-17)28(35)36/h1-14H,(H,29,30)(H,31,32)(H,33,34)(H,35,36). The second-order valence-corrected chi connectivity index (χ2v) is 7.84. The molecule has 10 nitrogen and oxygen atoms in total. The molecule has 4 N–H and O–H groups in total. The number of benzene rings is 4. The summed E-state index contributed by atoms with van der Waals surface area (Å²) in [5, 5.41) is 37.5. The molecule has 4 aromatic rings. The Bertz CT molecular complexity index is 1570. The van der Waals surface area contributed by atoms with Crippen LogP contribution in [0, 0.1) is 0 Å². The maximum absolute atomic E-state index is 11.7. The fourth-order valence-electron chi connectivity index (χ4n) is 3.69.